The standard InChI is InChI=1S/C22H22F3N7O/c1-15-5-6-18(26-14-15)28-19-7-8-20(30-29-19)31-9-11-32(12-10-31)21(33)27-17-4-2-3-16(13-17)22(23,24)25/h2-8,13-14H,9-12H2,1H3,(H,27,33)(H,26,28,29). The molecule has 0 radical (unpaired) electrons. The van der Waals surface area contributed by atoms with E-state index in [1.165, 1.54) is 12.1 Å². The van der Waals surface area contributed by atoms with Crippen molar-refractivity contribution in [2.45, 2.75) is 13.1 Å². The first kappa shape index (κ1) is 22.3. The van der Waals surface area contributed by atoms with E-state index in [0.717, 1.165) is 17.7 Å². The van der Waals surface area contributed by atoms with Gasteiger partial charge in [-0.25, -0.2) is 9.78 Å². The summed E-state index contributed by atoms with van der Waals surface area (Å²) in [6, 6.07) is 11.6. The van der Waals surface area contributed by atoms with Gasteiger partial charge in [0.15, 0.2) is 11.6 Å². The molecule has 2 N–H and O–H groups in total. The largest absolute Gasteiger partial charge is 0.416 e. The van der Waals surface area contributed by atoms with Crippen molar-refractivity contribution in [2.24, 2.45) is 0 Å². The minimum absolute atomic E-state index is 0.106. The summed E-state index contributed by atoms with van der Waals surface area (Å²) in [6.07, 6.45) is -2.71. The number of anilines is 4. The predicted octanol–water partition coefficient (Wildman–Crippen LogP) is 4.30. The third kappa shape index (κ3) is 5.68. The van der Waals surface area contributed by atoms with E-state index in [-0.39, 0.29) is 5.69 Å². The van der Waals surface area contributed by atoms with E-state index < -0.39 is 17.8 Å². The second kappa shape index (κ2) is 9.31. The number of aryl methyl sites for hydroxylation is 1. The molecular weight excluding hydrogens is 435 g/mol. The van der Waals surface area contributed by atoms with Gasteiger partial charge in [-0.2, -0.15) is 13.2 Å². The number of alkyl halides is 3. The molecule has 0 unspecified atom stereocenters. The van der Waals surface area contributed by atoms with Crippen LogP contribution in [0, 0.1) is 6.92 Å². The molecule has 172 valence electrons. The molecule has 0 saturated carbocycles. The summed E-state index contributed by atoms with van der Waals surface area (Å²) in [7, 11) is 0. The highest BCUT2D eigenvalue weighted by molar-refractivity contribution is 5.89. The Morgan fingerprint density at radius 3 is 2.36 bits per heavy atom. The molecule has 1 aliphatic rings. The lowest BCUT2D eigenvalue weighted by Crippen LogP contribution is -2.50. The van der Waals surface area contributed by atoms with Crippen molar-refractivity contribution in [1.29, 1.82) is 0 Å². The summed E-state index contributed by atoms with van der Waals surface area (Å²) in [5.41, 5.74) is 0.360. The number of amides is 2. The van der Waals surface area contributed by atoms with Crippen LogP contribution < -0.4 is 15.5 Å². The molecule has 11 heteroatoms. The van der Waals surface area contributed by atoms with Crippen molar-refractivity contribution in [3.05, 3.63) is 65.9 Å². The second-order valence-electron chi connectivity index (χ2n) is 7.61. The van der Waals surface area contributed by atoms with Crippen molar-refractivity contribution in [2.75, 3.05) is 41.7 Å². The lowest BCUT2D eigenvalue weighted by Gasteiger charge is -2.35. The zero-order chi connectivity index (χ0) is 23.4. The highest BCUT2D eigenvalue weighted by Crippen LogP contribution is 2.30. The minimum Gasteiger partial charge on any atom is -0.352 e. The molecular formula is C22H22F3N7O. The maximum Gasteiger partial charge on any atom is 0.416 e. The van der Waals surface area contributed by atoms with Gasteiger partial charge in [0.05, 0.1) is 5.56 Å². The van der Waals surface area contributed by atoms with Crippen LogP contribution in [0.3, 0.4) is 0 Å². The van der Waals surface area contributed by atoms with Crippen LogP contribution in [0.1, 0.15) is 11.1 Å². The SMILES string of the molecule is Cc1ccc(Nc2ccc(N3CCN(C(=O)Nc4cccc(C(F)(F)F)c4)CC3)nn2)nc1. The van der Waals surface area contributed by atoms with Crippen LogP contribution in [0.15, 0.2) is 54.7 Å². The summed E-state index contributed by atoms with van der Waals surface area (Å²) in [4.78, 5) is 20.3. The molecule has 2 amide bonds. The Bertz CT molecular complexity index is 1100. The fraction of sp³-hybridized carbons (Fsp3) is 0.273. The van der Waals surface area contributed by atoms with Crippen molar-refractivity contribution in [3.8, 4) is 0 Å². The molecule has 1 aromatic carbocycles. The number of benzene rings is 1. The quantitative estimate of drug-likeness (QED) is 0.608. The number of pyridine rings is 1. The number of carbonyl (C=O) groups excluding carboxylic acids is 1. The van der Waals surface area contributed by atoms with Crippen LogP contribution >= 0.6 is 0 Å². The maximum atomic E-state index is 12.9. The van der Waals surface area contributed by atoms with E-state index in [1.54, 1.807) is 17.2 Å². The molecule has 3 aromatic rings. The van der Waals surface area contributed by atoms with E-state index >= 15 is 0 Å². The Hall–Kier alpha value is -3.89. The first-order valence-corrected chi connectivity index (χ1v) is 10.3. The summed E-state index contributed by atoms with van der Waals surface area (Å²) in [5, 5.41) is 14.1. The molecule has 3 heterocycles. The van der Waals surface area contributed by atoms with Crippen LogP contribution in [0.2, 0.25) is 0 Å². The minimum atomic E-state index is -4.46. The van der Waals surface area contributed by atoms with Crippen molar-refractivity contribution >= 4 is 29.2 Å². The van der Waals surface area contributed by atoms with Gasteiger partial charge in [0.2, 0.25) is 0 Å². The van der Waals surface area contributed by atoms with Crippen LogP contribution in [0.5, 0.6) is 0 Å². The molecule has 1 saturated heterocycles. The Morgan fingerprint density at radius 1 is 0.970 bits per heavy atom. The van der Waals surface area contributed by atoms with Crippen molar-refractivity contribution in [3.63, 3.8) is 0 Å². The van der Waals surface area contributed by atoms with Gasteiger partial charge in [-0.1, -0.05) is 12.1 Å². The highest BCUT2D eigenvalue weighted by atomic mass is 19.4. The second-order valence-corrected chi connectivity index (χ2v) is 7.61. The van der Waals surface area contributed by atoms with Gasteiger partial charge in [0.1, 0.15) is 5.82 Å². The van der Waals surface area contributed by atoms with Gasteiger partial charge in [-0.15, -0.1) is 10.2 Å². The molecule has 0 atom stereocenters. The number of rotatable bonds is 4. The van der Waals surface area contributed by atoms with Gasteiger partial charge in [0.25, 0.3) is 0 Å². The number of halogens is 3. The molecule has 8 nitrogen and oxygen atoms in total. The maximum absolute atomic E-state index is 12.9. The zero-order valence-electron chi connectivity index (χ0n) is 17.8. The molecule has 4 rings (SSSR count). The third-order valence-corrected chi connectivity index (χ3v) is 5.15. The number of hydrogen-bond donors (Lipinski definition) is 2. The summed E-state index contributed by atoms with van der Waals surface area (Å²) < 4.78 is 38.6. The van der Waals surface area contributed by atoms with E-state index in [4.69, 9.17) is 0 Å². The van der Waals surface area contributed by atoms with E-state index in [0.29, 0.717) is 43.6 Å². The van der Waals surface area contributed by atoms with Crippen molar-refractivity contribution < 1.29 is 18.0 Å². The number of hydrogen-bond acceptors (Lipinski definition) is 6. The molecule has 1 fully saturated rings. The monoisotopic (exact) mass is 457 g/mol. The van der Waals surface area contributed by atoms with Crippen LogP contribution in [-0.4, -0.2) is 52.3 Å². The van der Waals surface area contributed by atoms with Gasteiger partial charge in [-0.3, -0.25) is 0 Å². The fourth-order valence-electron chi connectivity index (χ4n) is 3.35. The Kier molecular flexibility index (Phi) is 6.29. The Labute approximate surface area is 188 Å². The number of urea groups is 1. The molecule has 0 spiro atoms. The van der Waals surface area contributed by atoms with Gasteiger partial charge < -0.3 is 20.4 Å². The third-order valence-electron chi connectivity index (χ3n) is 5.15. The number of nitrogens with one attached hydrogen (secondary N) is 2. The number of aromatic nitrogens is 3. The molecule has 0 bridgehead atoms. The molecule has 0 aliphatic carbocycles. The Morgan fingerprint density at radius 2 is 1.73 bits per heavy atom. The number of carbonyl (C=O) groups is 1. The normalized spacial score (nSPS) is 14.2. The first-order chi connectivity index (χ1) is 15.8. The summed E-state index contributed by atoms with van der Waals surface area (Å²) in [5.74, 6) is 1.91. The van der Waals surface area contributed by atoms with E-state index in [9.17, 15) is 18.0 Å². The van der Waals surface area contributed by atoms with Crippen LogP contribution in [0.4, 0.5) is 41.1 Å². The average Bonchev–Trinajstić information content (AvgIpc) is 2.81. The van der Waals surface area contributed by atoms with Gasteiger partial charge in [-0.05, 0) is 48.9 Å². The average molecular weight is 457 g/mol. The van der Waals surface area contributed by atoms with Gasteiger partial charge in [0, 0.05) is 38.1 Å². The van der Waals surface area contributed by atoms with E-state index in [1.807, 2.05) is 30.0 Å². The molecule has 2 aromatic heterocycles. The first-order valence-electron chi connectivity index (χ1n) is 10.3. The van der Waals surface area contributed by atoms with E-state index in [2.05, 4.69) is 25.8 Å². The highest BCUT2D eigenvalue weighted by Gasteiger charge is 2.30. The fourth-order valence-corrected chi connectivity index (χ4v) is 3.35. The zero-order valence-corrected chi connectivity index (χ0v) is 17.8. The lowest BCUT2D eigenvalue weighted by molar-refractivity contribution is -0.137. The summed E-state index contributed by atoms with van der Waals surface area (Å²) in [6.45, 7) is 3.81. The van der Waals surface area contributed by atoms with Crippen molar-refractivity contribution in [1.82, 2.24) is 20.1 Å². The Balaban J connectivity index is 1.30. The molecule has 33 heavy (non-hydrogen) atoms. The molecule has 1 aliphatic heterocycles. The van der Waals surface area contributed by atoms with Crippen LogP contribution in [-0.2, 0) is 6.18 Å². The smallest absolute Gasteiger partial charge is 0.352 e. The topological polar surface area (TPSA) is 86.3 Å². The van der Waals surface area contributed by atoms with Crippen LogP contribution in [0.25, 0.3) is 0 Å². The number of piperazine rings is 1. The summed E-state index contributed by atoms with van der Waals surface area (Å²) >= 11 is 0. The lowest BCUT2D eigenvalue weighted by atomic mass is 10.2. The predicted molar refractivity (Wildman–Crippen MR) is 119 cm³/mol. The van der Waals surface area contributed by atoms with Gasteiger partial charge >= 0.3 is 12.2 Å². The number of nitrogens with zero attached hydrogens (tertiary/aromatic N) is 5.